The molecule has 3 rings (SSSR count). The fraction of sp³-hybridized carbons (Fsp3) is 0.429. The predicted molar refractivity (Wildman–Crippen MR) is 183 cm³/mol. The van der Waals surface area contributed by atoms with Crippen molar-refractivity contribution < 1.29 is 31.4 Å². The molecule has 0 radical (unpaired) electrons. The number of nitrogens with two attached hydrogens (primary N) is 1. The van der Waals surface area contributed by atoms with E-state index in [-0.39, 0.29) is 24.4 Å². The van der Waals surface area contributed by atoms with Crippen molar-refractivity contribution in [1.82, 2.24) is 21.3 Å². The fourth-order valence-electron chi connectivity index (χ4n) is 4.02. The maximum atomic E-state index is 13.3. The second-order valence-corrected chi connectivity index (χ2v) is 9.62. The van der Waals surface area contributed by atoms with E-state index in [0.29, 0.717) is 29.6 Å². The van der Waals surface area contributed by atoms with Crippen LogP contribution in [-0.4, -0.2) is 43.1 Å². The lowest BCUT2D eigenvalue weighted by Crippen LogP contribution is -2.38. The molecule has 3 unspecified atom stereocenters. The average molecular weight is 674 g/mol. The van der Waals surface area contributed by atoms with Crippen molar-refractivity contribution in [2.75, 3.05) is 13.1 Å². The Hall–Kier alpha value is -4.06. The van der Waals surface area contributed by atoms with Gasteiger partial charge in [-0.05, 0) is 55.3 Å². The Kier molecular flexibility index (Phi) is 24.0. The molecule has 0 spiro atoms. The van der Waals surface area contributed by atoms with Crippen LogP contribution < -0.4 is 27.0 Å². The van der Waals surface area contributed by atoms with Crippen LogP contribution >= 0.6 is 0 Å². The molecule has 2 heterocycles. The van der Waals surface area contributed by atoms with E-state index in [1.807, 2.05) is 65.0 Å². The molecule has 47 heavy (non-hydrogen) atoms. The zero-order valence-electron chi connectivity index (χ0n) is 28.5. The summed E-state index contributed by atoms with van der Waals surface area (Å²) in [5.41, 5.74) is 8.02. The normalized spacial score (nSPS) is 21.1. The molecule has 0 saturated carbocycles. The molecule has 2 aliphatic heterocycles. The molecule has 0 bridgehead atoms. The van der Waals surface area contributed by atoms with Crippen LogP contribution in [0, 0.1) is 0 Å². The number of nitrogens with one attached hydrogen (secondary N) is 4. The molecule has 0 amide bonds. The summed E-state index contributed by atoms with van der Waals surface area (Å²) >= 11 is 0. The zero-order valence-corrected chi connectivity index (χ0v) is 28.5. The Morgan fingerprint density at radius 3 is 2.09 bits per heavy atom. The summed E-state index contributed by atoms with van der Waals surface area (Å²) in [7, 11) is 0. The van der Waals surface area contributed by atoms with Gasteiger partial charge in [0, 0.05) is 43.0 Å². The Morgan fingerprint density at radius 2 is 1.64 bits per heavy atom. The molecule has 12 heteroatoms. The van der Waals surface area contributed by atoms with Gasteiger partial charge in [0.1, 0.15) is 17.6 Å². The van der Waals surface area contributed by atoms with Gasteiger partial charge in [-0.1, -0.05) is 84.2 Å². The number of hydrogen-bond donors (Lipinski definition) is 6. The molecule has 0 saturated heterocycles. The zero-order chi connectivity index (χ0) is 36.6. The van der Waals surface area contributed by atoms with Gasteiger partial charge < -0.3 is 32.1 Å². The second-order valence-electron chi connectivity index (χ2n) is 9.62. The number of dihydropyridines is 1. The third-order valence-electron chi connectivity index (χ3n) is 6.37. The maximum Gasteiger partial charge on any atom is 0.417 e. The summed E-state index contributed by atoms with van der Waals surface area (Å²) in [5.74, 6) is 1.14. The molecule has 2 aliphatic rings. The quantitative estimate of drug-likeness (QED) is 0.128. The predicted octanol–water partition coefficient (Wildman–Crippen LogP) is 8.76. The number of allylic oxidation sites excluding steroid dienone is 5. The molecule has 0 aromatic heterocycles. The van der Waals surface area contributed by atoms with Gasteiger partial charge in [0.25, 0.3) is 0 Å². The minimum atomic E-state index is -4.48. The Morgan fingerprint density at radius 1 is 1.06 bits per heavy atom. The van der Waals surface area contributed by atoms with E-state index in [2.05, 4.69) is 53.5 Å². The minimum Gasteiger partial charge on any atom is -0.510 e. The Bertz CT molecular complexity index is 1190. The molecule has 1 aromatic rings. The van der Waals surface area contributed by atoms with Crippen LogP contribution in [0.5, 0.6) is 0 Å². The number of hydrogen-bond acceptors (Lipinski definition) is 6. The van der Waals surface area contributed by atoms with E-state index in [1.165, 1.54) is 5.56 Å². The number of benzene rings is 1. The van der Waals surface area contributed by atoms with E-state index in [1.54, 1.807) is 19.2 Å². The smallest absolute Gasteiger partial charge is 0.417 e. The van der Waals surface area contributed by atoms with Crippen LogP contribution in [0.1, 0.15) is 66.4 Å². The standard InChI is InChI=1S/C22H29F3N4.C8H11NO.2C2H6.CHF3/c1-4-17(18-8-6-5-7-9-18)13-28-21-10-15(2)27-14-20(22(23,24)25)11-19(12-26)16(3)29-21;1-6-4-3-5-9-8(6)7(2)10;2*1-2;2-1(3)4/h5-11,14,16-17,27-29H,2,4,12-13,26H2,1,3H3;3-5,8-10H,2H2,1H3;2*1-2H3;1H/b19-11-,20-14+,21-10-;;;;. The van der Waals surface area contributed by atoms with Crippen LogP contribution in [0.3, 0.4) is 0 Å². The number of halogens is 6. The monoisotopic (exact) mass is 673 g/mol. The third-order valence-corrected chi connectivity index (χ3v) is 6.37. The lowest BCUT2D eigenvalue weighted by molar-refractivity contribution is -0.0886. The van der Waals surface area contributed by atoms with Crippen LogP contribution in [0.4, 0.5) is 26.3 Å². The van der Waals surface area contributed by atoms with Crippen LogP contribution in [0.25, 0.3) is 0 Å². The largest absolute Gasteiger partial charge is 0.510 e. The highest BCUT2D eigenvalue weighted by Crippen LogP contribution is 2.28. The summed E-state index contributed by atoms with van der Waals surface area (Å²) in [6, 6.07) is 9.71. The van der Waals surface area contributed by atoms with Crippen molar-refractivity contribution in [3.8, 4) is 0 Å². The Balaban J connectivity index is 0. The van der Waals surface area contributed by atoms with Crippen molar-refractivity contribution in [3.05, 3.63) is 120 Å². The molecule has 1 aromatic carbocycles. The van der Waals surface area contributed by atoms with E-state index in [9.17, 15) is 26.3 Å². The van der Waals surface area contributed by atoms with Crippen LogP contribution in [-0.2, 0) is 0 Å². The first kappa shape index (κ1) is 45.1. The topological polar surface area (TPSA) is 94.4 Å². The van der Waals surface area contributed by atoms with Crippen LogP contribution in [0.15, 0.2) is 114 Å². The summed E-state index contributed by atoms with van der Waals surface area (Å²) in [5, 5.41) is 21.2. The summed E-state index contributed by atoms with van der Waals surface area (Å²) in [6.45, 7) is 18.1. The van der Waals surface area contributed by atoms with Gasteiger partial charge in [-0.3, -0.25) is 0 Å². The first-order valence-electron chi connectivity index (χ1n) is 15.5. The second kappa shape index (κ2) is 25.1. The highest BCUT2D eigenvalue weighted by molar-refractivity contribution is 5.34. The van der Waals surface area contributed by atoms with Gasteiger partial charge in [0.15, 0.2) is 0 Å². The number of rotatable bonds is 7. The van der Waals surface area contributed by atoms with Gasteiger partial charge in [0.2, 0.25) is 0 Å². The van der Waals surface area contributed by atoms with Gasteiger partial charge in [0.05, 0.1) is 5.57 Å². The maximum absolute atomic E-state index is 13.3. The Labute approximate surface area is 277 Å². The number of aliphatic hydroxyl groups excluding tert-OH is 1. The van der Waals surface area contributed by atoms with Crippen molar-refractivity contribution in [3.63, 3.8) is 0 Å². The van der Waals surface area contributed by atoms with Crippen molar-refractivity contribution in [2.24, 2.45) is 5.73 Å². The molecule has 0 fully saturated rings. The SMILES string of the molecule is C=C(O)C1NC=CC=C1C.C=C1/C=C(/NCC(CC)c2ccccc2)NC(C)/C(CN)=C\C(C(F)(F)F)=C/N1.CC.CC.FC(F)F. The van der Waals surface area contributed by atoms with E-state index >= 15 is 0 Å². The van der Waals surface area contributed by atoms with Gasteiger partial charge in [-0.15, -0.1) is 0 Å². The minimum absolute atomic E-state index is 0.0113. The van der Waals surface area contributed by atoms with Crippen molar-refractivity contribution in [2.45, 2.75) is 85.7 Å². The first-order chi connectivity index (χ1) is 22.2. The summed E-state index contributed by atoms with van der Waals surface area (Å²) < 4.78 is 68.8. The number of aliphatic hydroxyl groups is 1. The molecule has 266 valence electrons. The van der Waals surface area contributed by atoms with E-state index in [4.69, 9.17) is 10.8 Å². The van der Waals surface area contributed by atoms with Gasteiger partial charge >= 0.3 is 12.9 Å². The van der Waals surface area contributed by atoms with Crippen LogP contribution in [0.2, 0.25) is 0 Å². The molecular weight excluding hydrogens is 620 g/mol. The fourth-order valence-corrected chi connectivity index (χ4v) is 4.02. The highest BCUT2D eigenvalue weighted by atomic mass is 19.4. The molecular formula is C35H53F6N5O. The highest BCUT2D eigenvalue weighted by Gasteiger charge is 2.33. The summed E-state index contributed by atoms with van der Waals surface area (Å²) in [4.78, 5) is 0. The van der Waals surface area contributed by atoms with E-state index < -0.39 is 18.4 Å². The third kappa shape index (κ3) is 19.3. The lowest BCUT2D eigenvalue weighted by atomic mass is 9.96. The molecule has 7 N–H and O–H groups in total. The van der Waals surface area contributed by atoms with E-state index in [0.717, 1.165) is 24.3 Å². The average Bonchev–Trinajstić information content (AvgIpc) is 3.03. The van der Waals surface area contributed by atoms with Crippen molar-refractivity contribution in [1.29, 1.82) is 0 Å². The lowest BCUT2D eigenvalue weighted by Gasteiger charge is -2.25. The molecule has 3 atom stereocenters. The number of alkyl halides is 6. The molecule has 6 nitrogen and oxygen atoms in total. The summed E-state index contributed by atoms with van der Waals surface area (Å²) in [6.07, 6.45) is 5.77. The van der Waals surface area contributed by atoms with Gasteiger partial charge in [-0.2, -0.15) is 26.3 Å². The van der Waals surface area contributed by atoms with Crippen molar-refractivity contribution >= 4 is 0 Å². The first-order valence-corrected chi connectivity index (χ1v) is 15.5. The van der Waals surface area contributed by atoms with Gasteiger partial charge in [-0.25, -0.2) is 0 Å². The molecule has 0 aliphatic carbocycles.